The Kier molecular flexibility index (Phi) is 5.43. The summed E-state index contributed by atoms with van der Waals surface area (Å²) in [4.78, 5) is 8.10. The summed E-state index contributed by atoms with van der Waals surface area (Å²) in [5.74, 6) is 0.0522. The Labute approximate surface area is 161 Å². The van der Waals surface area contributed by atoms with Gasteiger partial charge in [-0.05, 0) is 49.1 Å². The van der Waals surface area contributed by atoms with Crippen LogP contribution in [0.15, 0.2) is 54.9 Å². The minimum absolute atomic E-state index is 0.0402. The third kappa shape index (κ3) is 4.26. The Morgan fingerprint density at radius 2 is 1.82 bits per heavy atom. The van der Waals surface area contributed by atoms with Gasteiger partial charge < -0.3 is 14.8 Å². The Balaban J connectivity index is 1.48. The summed E-state index contributed by atoms with van der Waals surface area (Å²) in [6.07, 6.45) is 4.56. The van der Waals surface area contributed by atoms with Crippen LogP contribution >= 0.6 is 0 Å². The fourth-order valence-corrected chi connectivity index (χ4v) is 3.17. The zero-order valence-corrected chi connectivity index (χ0v) is 15.1. The highest BCUT2D eigenvalue weighted by Crippen LogP contribution is 2.34. The van der Waals surface area contributed by atoms with Gasteiger partial charge in [-0.2, -0.15) is 0 Å². The number of nitrogens with one attached hydrogen (secondary N) is 1. The number of halogens is 2. The molecular weight excluding hydrogens is 364 g/mol. The van der Waals surface area contributed by atoms with E-state index in [1.54, 1.807) is 30.5 Å². The summed E-state index contributed by atoms with van der Waals surface area (Å²) >= 11 is 0. The molecule has 0 bridgehead atoms. The van der Waals surface area contributed by atoms with Crippen LogP contribution in [-0.2, 0) is 4.74 Å². The molecule has 1 aromatic carbocycles. The predicted octanol–water partition coefficient (Wildman–Crippen LogP) is 5.18. The van der Waals surface area contributed by atoms with E-state index in [0.29, 0.717) is 23.2 Å². The number of benzene rings is 1. The van der Waals surface area contributed by atoms with Crippen LogP contribution in [0.5, 0.6) is 11.6 Å². The maximum atomic E-state index is 13.7. The van der Waals surface area contributed by atoms with Crippen molar-refractivity contribution in [2.45, 2.75) is 18.8 Å². The molecule has 7 heteroatoms. The van der Waals surface area contributed by atoms with Crippen molar-refractivity contribution in [3.05, 3.63) is 72.1 Å². The molecule has 1 saturated heterocycles. The summed E-state index contributed by atoms with van der Waals surface area (Å²) in [5.41, 5.74) is 1.68. The highest BCUT2D eigenvalue weighted by atomic mass is 19.1. The summed E-state index contributed by atoms with van der Waals surface area (Å²) in [5, 5.41) is 2.82. The zero-order chi connectivity index (χ0) is 19.3. The lowest BCUT2D eigenvalue weighted by Gasteiger charge is -2.23. The van der Waals surface area contributed by atoms with Crippen molar-refractivity contribution < 1.29 is 18.3 Å². The first kappa shape index (κ1) is 18.3. The first-order chi connectivity index (χ1) is 13.7. The van der Waals surface area contributed by atoms with Crippen LogP contribution in [0.2, 0.25) is 0 Å². The number of ether oxygens (including phenoxy) is 2. The molecule has 0 amide bonds. The van der Waals surface area contributed by atoms with Gasteiger partial charge in [0.25, 0.3) is 0 Å². The molecule has 1 fully saturated rings. The topological polar surface area (TPSA) is 56.3 Å². The second-order valence-electron chi connectivity index (χ2n) is 6.52. The SMILES string of the molecule is Fc1cnc(Nc2ccc(Oc3ncccc3C3CCOCC3)cc2)c(F)c1. The van der Waals surface area contributed by atoms with E-state index in [4.69, 9.17) is 9.47 Å². The van der Waals surface area contributed by atoms with Crippen molar-refractivity contribution in [3.8, 4) is 11.6 Å². The summed E-state index contributed by atoms with van der Waals surface area (Å²) < 4.78 is 38.1. The molecule has 0 saturated carbocycles. The molecule has 0 aliphatic carbocycles. The average Bonchev–Trinajstić information content (AvgIpc) is 2.72. The fourth-order valence-electron chi connectivity index (χ4n) is 3.17. The minimum atomic E-state index is -0.755. The summed E-state index contributed by atoms with van der Waals surface area (Å²) in [6, 6.07) is 11.7. The van der Waals surface area contributed by atoms with Crippen LogP contribution in [0.3, 0.4) is 0 Å². The number of aromatic nitrogens is 2. The standard InChI is InChI=1S/C21H19F2N3O2/c22-15-12-19(23)20(25-13-15)26-16-3-5-17(6-4-16)28-21-18(2-1-9-24-21)14-7-10-27-11-8-14/h1-6,9,12-14H,7-8,10-11H2,(H,25,26). The van der Waals surface area contributed by atoms with E-state index < -0.39 is 11.6 Å². The van der Waals surface area contributed by atoms with Gasteiger partial charge in [0.2, 0.25) is 5.88 Å². The molecule has 3 aromatic rings. The summed E-state index contributed by atoms with van der Waals surface area (Å²) in [7, 11) is 0. The van der Waals surface area contributed by atoms with Gasteiger partial charge in [-0.15, -0.1) is 0 Å². The van der Waals surface area contributed by atoms with Gasteiger partial charge >= 0.3 is 0 Å². The number of anilines is 2. The molecule has 28 heavy (non-hydrogen) atoms. The maximum absolute atomic E-state index is 13.7. The molecule has 1 aliphatic rings. The van der Waals surface area contributed by atoms with E-state index in [1.807, 2.05) is 12.1 Å². The van der Waals surface area contributed by atoms with Gasteiger partial charge in [0.1, 0.15) is 11.6 Å². The smallest absolute Gasteiger partial charge is 0.222 e. The second-order valence-corrected chi connectivity index (χ2v) is 6.52. The molecule has 2 aromatic heterocycles. The van der Waals surface area contributed by atoms with Crippen molar-refractivity contribution in [3.63, 3.8) is 0 Å². The quantitative estimate of drug-likeness (QED) is 0.658. The highest BCUT2D eigenvalue weighted by Gasteiger charge is 2.20. The average molecular weight is 383 g/mol. The van der Waals surface area contributed by atoms with Crippen molar-refractivity contribution in [2.24, 2.45) is 0 Å². The minimum Gasteiger partial charge on any atom is -0.439 e. The normalized spacial score (nSPS) is 14.6. The maximum Gasteiger partial charge on any atom is 0.222 e. The number of nitrogens with zero attached hydrogens (tertiary/aromatic N) is 2. The lowest BCUT2D eigenvalue weighted by atomic mass is 9.92. The van der Waals surface area contributed by atoms with E-state index in [9.17, 15) is 8.78 Å². The highest BCUT2D eigenvalue weighted by molar-refractivity contribution is 5.57. The van der Waals surface area contributed by atoms with Gasteiger partial charge in [0.15, 0.2) is 11.6 Å². The van der Waals surface area contributed by atoms with Crippen LogP contribution in [-0.4, -0.2) is 23.2 Å². The van der Waals surface area contributed by atoms with Crippen LogP contribution in [0, 0.1) is 11.6 Å². The van der Waals surface area contributed by atoms with Crippen molar-refractivity contribution in [1.82, 2.24) is 9.97 Å². The van der Waals surface area contributed by atoms with Crippen LogP contribution in [0.4, 0.5) is 20.3 Å². The number of pyridine rings is 2. The Morgan fingerprint density at radius 1 is 1.04 bits per heavy atom. The van der Waals surface area contributed by atoms with E-state index >= 15 is 0 Å². The zero-order valence-electron chi connectivity index (χ0n) is 15.1. The molecule has 0 unspecified atom stereocenters. The van der Waals surface area contributed by atoms with E-state index in [0.717, 1.165) is 43.9 Å². The third-order valence-corrected chi connectivity index (χ3v) is 4.60. The molecular formula is C21H19F2N3O2. The van der Waals surface area contributed by atoms with Crippen molar-refractivity contribution in [1.29, 1.82) is 0 Å². The molecule has 5 nitrogen and oxygen atoms in total. The Morgan fingerprint density at radius 3 is 2.57 bits per heavy atom. The van der Waals surface area contributed by atoms with Crippen LogP contribution in [0.1, 0.15) is 24.3 Å². The molecule has 3 heterocycles. The fraction of sp³-hybridized carbons (Fsp3) is 0.238. The van der Waals surface area contributed by atoms with Crippen LogP contribution < -0.4 is 10.1 Å². The predicted molar refractivity (Wildman–Crippen MR) is 101 cm³/mol. The monoisotopic (exact) mass is 383 g/mol. The first-order valence-corrected chi connectivity index (χ1v) is 9.08. The summed E-state index contributed by atoms with van der Waals surface area (Å²) in [6.45, 7) is 1.49. The van der Waals surface area contributed by atoms with Gasteiger partial charge in [0.05, 0.1) is 6.20 Å². The lowest BCUT2D eigenvalue weighted by Crippen LogP contribution is -2.15. The van der Waals surface area contributed by atoms with E-state index in [-0.39, 0.29) is 5.82 Å². The Hall–Kier alpha value is -3.06. The van der Waals surface area contributed by atoms with Gasteiger partial charge in [0, 0.05) is 36.7 Å². The van der Waals surface area contributed by atoms with Crippen molar-refractivity contribution in [2.75, 3.05) is 18.5 Å². The second kappa shape index (κ2) is 8.31. The molecule has 144 valence electrons. The first-order valence-electron chi connectivity index (χ1n) is 9.08. The lowest BCUT2D eigenvalue weighted by molar-refractivity contribution is 0.0848. The van der Waals surface area contributed by atoms with Gasteiger partial charge in [-0.1, -0.05) is 6.07 Å². The molecule has 1 N–H and O–H groups in total. The molecule has 0 atom stereocenters. The molecule has 0 radical (unpaired) electrons. The number of hydrogen-bond donors (Lipinski definition) is 1. The Bertz CT molecular complexity index is 945. The molecule has 1 aliphatic heterocycles. The largest absolute Gasteiger partial charge is 0.439 e. The molecule has 4 rings (SSSR count). The van der Waals surface area contributed by atoms with Crippen molar-refractivity contribution >= 4 is 11.5 Å². The third-order valence-electron chi connectivity index (χ3n) is 4.60. The van der Waals surface area contributed by atoms with E-state index in [1.165, 1.54) is 0 Å². The number of hydrogen-bond acceptors (Lipinski definition) is 5. The van der Waals surface area contributed by atoms with Crippen LogP contribution in [0.25, 0.3) is 0 Å². The van der Waals surface area contributed by atoms with Gasteiger partial charge in [-0.3, -0.25) is 0 Å². The van der Waals surface area contributed by atoms with Gasteiger partial charge in [-0.25, -0.2) is 18.7 Å². The molecule has 0 spiro atoms. The number of rotatable bonds is 5. The van der Waals surface area contributed by atoms with E-state index in [2.05, 4.69) is 15.3 Å².